The highest BCUT2D eigenvalue weighted by molar-refractivity contribution is 5.73. The molecule has 6 heteroatoms. The van der Waals surface area contributed by atoms with Crippen molar-refractivity contribution in [3.05, 3.63) is 29.8 Å². The predicted molar refractivity (Wildman–Crippen MR) is 103 cm³/mol. The SMILES string of the molecule is CN(CCC(N)=O)Cc1cccc(OC[C@@H](O)CN2CCCCCC2)c1. The lowest BCUT2D eigenvalue weighted by Gasteiger charge is -2.23. The largest absolute Gasteiger partial charge is 0.491 e. The molecular formula is C20H33N3O3. The molecule has 0 saturated carbocycles. The number of rotatable bonds is 10. The predicted octanol–water partition coefficient (Wildman–Crippen LogP) is 1.61. The van der Waals surface area contributed by atoms with Crippen LogP contribution in [0.25, 0.3) is 0 Å². The first-order valence-corrected chi connectivity index (χ1v) is 9.62. The highest BCUT2D eigenvalue weighted by Crippen LogP contribution is 2.16. The van der Waals surface area contributed by atoms with Gasteiger partial charge >= 0.3 is 0 Å². The van der Waals surface area contributed by atoms with E-state index in [1.54, 1.807) is 0 Å². The van der Waals surface area contributed by atoms with Gasteiger partial charge in [0.2, 0.25) is 5.91 Å². The highest BCUT2D eigenvalue weighted by Gasteiger charge is 2.14. The Morgan fingerprint density at radius 3 is 2.73 bits per heavy atom. The van der Waals surface area contributed by atoms with Gasteiger partial charge in [-0.2, -0.15) is 0 Å². The summed E-state index contributed by atoms with van der Waals surface area (Å²) in [4.78, 5) is 15.3. The van der Waals surface area contributed by atoms with Gasteiger partial charge in [-0.15, -0.1) is 0 Å². The van der Waals surface area contributed by atoms with Gasteiger partial charge in [-0.25, -0.2) is 0 Å². The van der Waals surface area contributed by atoms with Crippen LogP contribution in [0.15, 0.2) is 24.3 Å². The number of primary amides is 1. The van der Waals surface area contributed by atoms with Gasteiger partial charge in [-0.1, -0.05) is 25.0 Å². The van der Waals surface area contributed by atoms with Crippen LogP contribution < -0.4 is 10.5 Å². The van der Waals surface area contributed by atoms with Gasteiger partial charge in [0.25, 0.3) is 0 Å². The molecule has 6 nitrogen and oxygen atoms in total. The number of carbonyl (C=O) groups excluding carboxylic acids is 1. The number of nitrogens with zero attached hydrogens (tertiary/aromatic N) is 2. The monoisotopic (exact) mass is 363 g/mol. The van der Waals surface area contributed by atoms with Crippen LogP contribution in [0.4, 0.5) is 0 Å². The lowest BCUT2D eigenvalue weighted by Crippen LogP contribution is -2.36. The number of hydrogen-bond donors (Lipinski definition) is 2. The molecule has 26 heavy (non-hydrogen) atoms. The zero-order valence-electron chi connectivity index (χ0n) is 15.9. The maximum atomic E-state index is 10.9. The van der Waals surface area contributed by atoms with Crippen molar-refractivity contribution in [2.75, 3.05) is 39.8 Å². The minimum absolute atomic E-state index is 0.285. The van der Waals surface area contributed by atoms with Crippen molar-refractivity contribution in [2.45, 2.75) is 44.8 Å². The smallest absolute Gasteiger partial charge is 0.218 e. The fraction of sp³-hybridized carbons (Fsp3) is 0.650. The van der Waals surface area contributed by atoms with Gasteiger partial charge in [0.15, 0.2) is 0 Å². The summed E-state index contributed by atoms with van der Waals surface area (Å²) in [5, 5.41) is 10.3. The molecule has 1 aromatic carbocycles. The molecule has 0 bridgehead atoms. The van der Waals surface area contributed by atoms with Crippen molar-refractivity contribution >= 4 is 5.91 Å². The van der Waals surface area contributed by atoms with E-state index >= 15 is 0 Å². The van der Waals surface area contributed by atoms with E-state index in [9.17, 15) is 9.90 Å². The molecule has 1 amide bonds. The van der Waals surface area contributed by atoms with Crippen LogP contribution in [0.5, 0.6) is 5.75 Å². The third-order valence-corrected chi connectivity index (χ3v) is 4.70. The molecule has 146 valence electrons. The van der Waals surface area contributed by atoms with Crippen molar-refractivity contribution in [3.63, 3.8) is 0 Å². The van der Waals surface area contributed by atoms with Gasteiger partial charge in [-0.3, -0.25) is 4.79 Å². The number of likely N-dealkylation sites (tertiary alicyclic amines) is 1. The Balaban J connectivity index is 1.75. The average molecular weight is 364 g/mol. The number of carbonyl (C=O) groups is 1. The van der Waals surface area contributed by atoms with Crippen molar-refractivity contribution in [3.8, 4) is 5.75 Å². The first-order chi connectivity index (χ1) is 12.5. The summed E-state index contributed by atoms with van der Waals surface area (Å²) in [6.07, 6.45) is 4.91. The van der Waals surface area contributed by atoms with Crippen LogP contribution in [0.1, 0.15) is 37.7 Å². The third kappa shape index (κ3) is 8.17. The minimum atomic E-state index is -0.477. The Morgan fingerprint density at radius 1 is 1.31 bits per heavy atom. The zero-order valence-corrected chi connectivity index (χ0v) is 15.9. The summed E-state index contributed by atoms with van der Waals surface area (Å²) in [7, 11) is 1.96. The number of ether oxygens (including phenoxy) is 1. The molecule has 1 aromatic rings. The molecule has 0 radical (unpaired) electrons. The molecule has 0 unspecified atom stereocenters. The van der Waals surface area contributed by atoms with E-state index in [0.717, 1.165) is 30.9 Å². The number of benzene rings is 1. The number of β-amino-alcohol motifs (C(OH)–C–C–N with tert-alkyl or cyclic N) is 1. The number of hydrogen-bond acceptors (Lipinski definition) is 5. The third-order valence-electron chi connectivity index (χ3n) is 4.70. The van der Waals surface area contributed by atoms with Crippen molar-refractivity contribution in [2.24, 2.45) is 5.73 Å². The fourth-order valence-electron chi connectivity index (χ4n) is 3.29. The Labute approximate surface area is 156 Å². The molecule has 1 saturated heterocycles. The van der Waals surface area contributed by atoms with E-state index in [1.165, 1.54) is 25.7 Å². The Hall–Kier alpha value is -1.63. The Kier molecular flexibility index (Phi) is 8.88. The number of nitrogens with two attached hydrogens (primary N) is 1. The van der Waals surface area contributed by atoms with E-state index < -0.39 is 6.10 Å². The summed E-state index contributed by atoms with van der Waals surface area (Å²) in [6, 6.07) is 7.88. The van der Waals surface area contributed by atoms with Gasteiger partial charge < -0.3 is 25.4 Å². The second-order valence-corrected chi connectivity index (χ2v) is 7.28. The molecule has 1 aliphatic heterocycles. The normalized spacial score (nSPS) is 17.0. The number of amides is 1. The molecular weight excluding hydrogens is 330 g/mol. The molecule has 1 heterocycles. The van der Waals surface area contributed by atoms with Crippen molar-refractivity contribution in [1.29, 1.82) is 0 Å². The standard InChI is InChI=1S/C20H33N3O3/c1-22(12-9-20(21)25)14-17-7-6-8-19(13-17)26-16-18(24)15-23-10-4-2-3-5-11-23/h6-8,13,18,24H,2-5,9-12,14-16H2,1H3,(H2,21,25)/t18-/m0/s1. The van der Waals surface area contributed by atoms with E-state index in [1.807, 2.05) is 31.3 Å². The van der Waals surface area contributed by atoms with Crippen molar-refractivity contribution in [1.82, 2.24) is 9.80 Å². The Morgan fingerprint density at radius 2 is 2.04 bits per heavy atom. The molecule has 0 aliphatic carbocycles. The van der Waals surface area contributed by atoms with Crippen molar-refractivity contribution < 1.29 is 14.6 Å². The molecule has 2 rings (SSSR count). The van der Waals surface area contributed by atoms with Crippen LogP contribution in [-0.2, 0) is 11.3 Å². The van der Waals surface area contributed by atoms with E-state index in [0.29, 0.717) is 26.1 Å². The lowest BCUT2D eigenvalue weighted by molar-refractivity contribution is -0.118. The topological polar surface area (TPSA) is 79.0 Å². The zero-order chi connectivity index (χ0) is 18.8. The maximum Gasteiger partial charge on any atom is 0.218 e. The van der Waals surface area contributed by atoms with Crippen LogP contribution in [-0.4, -0.2) is 66.8 Å². The Bertz CT molecular complexity index is 545. The van der Waals surface area contributed by atoms with E-state index in [2.05, 4.69) is 9.80 Å². The highest BCUT2D eigenvalue weighted by atomic mass is 16.5. The lowest BCUT2D eigenvalue weighted by atomic mass is 10.2. The average Bonchev–Trinajstić information content (AvgIpc) is 2.87. The molecule has 0 aromatic heterocycles. The quantitative estimate of drug-likeness (QED) is 0.660. The van der Waals surface area contributed by atoms with Crippen LogP contribution in [0, 0.1) is 0 Å². The van der Waals surface area contributed by atoms with Crippen LogP contribution in [0.2, 0.25) is 0 Å². The summed E-state index contributed by atoms with van der Waals surface area (Å²) in [6.45, 7) is 4.48. The van der Waals surface area contributed by atoms with Gasteiger partial charge in [0.05, 0.1) is 0 Å². The molecule has 0 spiro atoms. The van der Waals surface area contributed by atoms with Gasteiger partial charge in [0, 0.05) is 26.1 Å². The van der Waals surface area contributed by atoms with Gasteiger partial charge in [0.1, 0.15) is 18.5 Å². The van der Waals surface area contributed by atoms with Gasteiger partial charge in [-0.05, 0) is 50.7 Å². The molecule has 3 N–H and O–H groups in total. The number of aliphatic hydroxyl groups excluding tert-OH is 1. The maximum absolute atomic E-state index is 10.9. The first kappa shape index (κ1) is 20.7. The second-order valence-electron chi connectivity index (χ2n) is 7.28. The second kappa shape index (κ2) is 11.2. The van der Waals surface area contributed by atoms with E-state index in [4.69, 9.17) is 10.5 Å². The number of aliphatic hydroxyl groups is 1. The molecule has 1 fully saturated rings. The fourth-order valence-corrected chi connectivity index (χ4v) is 3.29. The molecule has 1 aliphatic rings. The van der Waals surface area contributed by atoms with E-state index in [-0.39, 0.29) is 5.91 Å². The summed E-state index contributed by atoms with van der Waals surface area (Å²) < 4.78 is 5.79. The summed E-state index contributed by atoms with van der Waals surface area (Å²) in [5.74, 6) is 0.480. The molecule has 1 atom stereocenters. The van der Waals surface area contributed by atoms with Crippen LogP contribution >= 0.6 is 0 Å². The summed E-state index contributed by atoms with van der Waals surface area (Å²) >= 11 is 0. The first-order valence-electron chi connectivity index (χ1n) is 9.62. The van der Waals surface area contributed by atoms with Crippen LogP contribution in [0.3, 0.4) is 0 Å². The summed E-state index contributed by atoms with van der Waals surface area (Å²) in [5.41, 5.74) is 6.30. The minimum Gasteiger partial charge on any atom is -0.491 e.